The summed E-state index contributed by atoms with van der Waals surface area (Å²) in [5.74, 6) is -3.24. The Hall–Kier alpha value is -3.44. The Balaban J connectivity index is 1.49. The van der Waals surface area contributed by atoms with Gasteiger partial charge in [0.15, 0.2) is 0 Å². The van der Waals surface area contributed by atoms with Crippen molar-refractivity contribution in [1.82, 2.24) is 15.0 Å². The Bertz CT molecular complexity index is 1130. The van der Waals surface area contributed by atoms with Gasteiger partial charge in [0.1, 0.15) is 18.2 Å². The zero-order valence-electron chi connectivity index (χ0n) is 22.1. The van der Waals surface area contributed by atoms with E-state index in [0.717, 1.165) is 15.5 Å². The predicted octanol–water partition coefficient (Wildman–Crippen LogP) is 3.96. The first-order valence-corrected chi connectivity index (χ1v) is 13.2. The maximum atomic E-state index is 13.3. The van der Waals surface area contributed by atoms with Crippen LogP contribution in [0.5, 0.6) is 0 Å². The van der Waals surface area contributed by atoms with Crippen molar-refractivity contribution in [1.29, 1.82) is 0 Å². The molecule has 2 heterocycles. The molecule has 11 nitrogen and oxygen atoms in total. The van der Waals surface area contributed by atoms with Crippen molar-refractivity contribution in [3.8, 4) is 0 Å². The lowest BCUT2D eigenvalue weighted by Crippen LogP contribution is -2.58. The van der Waals surface area contributed by atoms with Crippen LogP contribution in [0.2, 0.25) is 0 Å². The number of hydrogen-bond acceptors (Lipinski definition) is 8. The van der Waals surface area contributed by atoms with E-state index in [2.05, 4.69) is 0 Å². The highest BCUT2D eigenvalue weighted by molar-refractivity contribution is 6.62. The van der Waals surface area contributed by atoms with Crippen molar-refractivity contribution in [2.24, 2.45) is 11.8 Å². The molecule has 1 aliphatic carbocycles. The van der Waals surface area contributed by atoms with Crippen LogP contribution < -0.4 is 0 Å². The zero-order valence-corrected chi connectivity index (χ0v) is 22.8. The van der Waals surface area contributed by atoms with Crippen LogP contribution in [0.25, 0.3) is 0 Å². The van der Waals surface area contributed by atoms with Gasteiger partial charge in [-0.3, -0.25) is 24.1 Å². The number of nitrogens with zero attached hydrogens (tertiary/aromatic N) is 3. The van der Waals surface area contributed by atoms with Crippen LogP contribution in [0.3, 0.4) is 0 Å². The number of allylic oxidation sites excluding steroid dienone is 2. The predicted molar refractivity (Wildman–Crippen MR) is 137 cm³/mol. The van der Waals surface area contributed by atoms with Crippen molar-refractivity contribution < 1.29 is 38.4 Å². The topological polar surface area (TPSA) is 123 Å². The summed E-state index contributed by atoms with van der Waals surface area (Å²) in [6.07, 6.45) is 3.88. The summed E-state index contributed by atoms with van der Waals surface area (Å²) in [6.45, 7) is 4.93. The number of halogens is 1. The molecule has 0 saturated carbocycles. The minimum atomic E-state index is -1.17. The third kappa shape index (κ3) is 6.59. The summed E-state index contributed by atoms with van der Waals surface area (Å²) < 4.78 is 5.51. The number of likely N-dealkylation sites (tertiary alicyclic amines) is 1. The molecule has 210 valence electrons. The van der Waals surface area contributed by atoms with Crippen LogP contribution in [0, 0.1) is 11.8 Å². The van der Waals surface area contributed by atoms with Gasteiger partial charge in [0.2, 0.25) is 0 Å². The summed E-state index contributed by atoms with van der Waals surface area (Å²) in [5, 5.41) is 0.630. The van der Waals surface area contributed by atoms with Crippen LogP contribution >= 0.6 is 11.6 Å². The molecule has 39 heavy (non-hydrogen) atoms. The fourth-order valence-electron chi connectivity index (χ4n) is 4.94. The number of fused-ring (bicyclic) bond motifs is 1. The highest BCUT2D eigenvalue weighted by atomic mass is 35.5. The van der Waals surface area contributed by atoms with Crippen LogP contribution in [0.15, 0.2) is 42.5 Å². The van der Waals surface area contributed by atoms with Crippen molar-refractivity contribution in [2.75, 3.05) is 6.54 Å². The highest BCUT2D eigenvalue weighted by Gasteiger charge is 2.51. The van der Waals surface area contributed by atoms with Gasteiger partial charge in [0.05, 0.1) is 17.9 Å². The van der Waals surface area contributed by atoms with E-state index < -0.39 is 58.8 Å². The second-order valence-corrected chi connectivity index (χ2v) is 11.1. The summed E-state index contributed by atoms with van der Waals surface area (Å²) in [5.41, 5.74) is -0.0779. The Labute approximate surface area is 231 Å². The van der Waals surface area contributed by atoms with Gasteiger partial charge in [-0.25, -0.2) is 14.7 Å². The first-order chi connectivity index (χ1) is 18.5. The maximum absolute atomic E-state index is 13.3. The lowest BCUT2D eigenvalue weighted by atomic mass is 9.85. The summed E-state index contributed by atoms with van der Waals surface area (Å²) in [4.78, 5) is 76.4. The molecule has 1 aromatic carbocycles. The fourth-order valence-corrected chi connectivity index (χ4v) is 5.13. The summed E-state index contributed by atoms with van der Waals surface area (Å²) in [6, 6.07) is 7.29. The molecule has 4 atom stereocenters. The van der Waals surface area contributed by atoms with Gasteiger partial charge in [0, 0.05) is 6.54 Å². The molecule has 0 aromatic heterocycles. The summed E-state index contributed by atoms with van der Waals surface area (Å²) in [7, 11) is 0. The second-order valence-electron chi connectivity index (χ2n) is 10.8. The molecule has 2 aliphatic heterocycles. The van der Waals surface area contributed by atoms with Crippen molar-refractivity contribution in [3.63, 3.8) is 0 Å². The first kappa shape index (κ1) is 28.6. The SMILES string of the molecule is CC(C)(C)OC(=O)N1C[C@H](N(OCc2ccccc2)C(=O)Cl)CC[C@H]1C(=O)ON1C(=O)[C@H]2CC=CC[C@H]2C1=O. The Morgan fingerprint density at radius 1 is 1.00 bits per heavy atom. The largest absolute Gasteiger partial charge is 0.444 e. The van der Waals surface area contributed by atoms with Crippen LogP contribution in [0.4, 0.5) is 9.59 Å². The molecule has 0 spiro atoms. The number of carbonyl (C=O) groups is 5. The average molecular weight is 562 g/mol. The van der Waals surface area contributed by atoms with Gasteiger partial charge in [-0.05, 0) is 63.6 Å². The lowest BCUT2D eigenvalue weighted by molar-refractivity contribution is -0.205. The van der Waals surface area contributed by atoms with Gasteiger partial charge >= 0.3 is 17.4 Å². The fraction of sp³-hybridized carbons (Fsp3) is 0.519. The molecular formula is C27H32ClN3O8. The van der Waals surface area contributed by atoms with E-state index >= 15 is 0 Å². The Morgan fingerprint density at radius 3 is 2.18 bits per heavy atom. The van der Waals surface area contributed by atoms with E-state index in [0.29, 0.717) is 17.9 Å². The zero-order chi connectivity index (χ0) is 28.3. The standard InChI is InChI=1S/C27H32ClN3O8/c1-27(2,3)38-26(36)29-15-18(30(25(28)35)37-16-17-9-5-4-6-10-17)13-14-21(29)24(34)39-31-22(32)19-11-7-8-12-20(19)23(31)33/h4-10,18-21H,11-16H2,1-3H3/t18-,19-,20+,21+/m1/s1. The number of hydrogen-bond donors (Lipinski definition) is 0. The third-order valence-electron chi connectivity index (χ3n) is 6.82. The molecule has 12 heteroatoms. The normalized spacial score (nSPS) is 24.8. The Kier molecular flexibility index (Phi) is 8.60. The number of imide groups is 1. The van der Waals surface area contributed by atoms with Gasteiger partial charge < -0.3 is 9.57 Å². The van der Waals surface area contributed by atoms with E-state index in [-0.39, 0.29) is 26.0 Å². The number of ether oxygens (including phenoxy) is 1. The van der Waals surface area contributed by atoms with Crippen molar-refractivity contribution >= 4 is 40.8 Å². The molecular weight excluding hydrogens is 530 g/mol. The van der Waals surface area contributed by atoms with E-state index in [9.17, 15) is 24.0 Å². The van der Waals surface area contributed by atoms with Crippen LogP contribution in [0.1, 0.15) is 52.0 Å². The molecule has 0 radical (unpaired) electrons. The number of piperidine rings is 1. The molecule has 4 amide bonds. The van der Waals surface area contributed by atoms with Crippen LogP contribution in [-0.4, -0.2) is 68.5 Å². The first-order valence-electron chi connectivity index (χ1n) is 12.9. The number of rotatable bonds is 6. The van der Waals surface area contributed by atoms with E-state index in [1.165, 1.54) is 0 Å². The van der Waals surface area contributed by atoms with Gasteiger partial charge in [-0.1, -0.05) is 42.5 Å². The van der Waals surface area contributed by atoms with E-state index in [4.69, 9.17) is 26.0 Å². The molecule has 0 N–H and O–H groups in total. The van der Waals surface area contributed by atoms with Crippen molar-refractivity contribution in [2.45, 2.75) is 70.7 Å². The van der Waals surface area contributed by atoms with E-state index in [1.807, 2.05) is 42.5 Å². The second kappa shape index (κ2) is 11.7. The minimum Gasteiger partial charge on any atom is -0.444 e. The monoisotopic (exact) mass is 561 g/mol. The maximum Gasteiger partial charge on any atom is 0.411 e. The quantitative estimate of drug-likeness (QED) is 0.168. The highest BCUT2D eigenvalue weighted by Crippen LogP contribution is 2.36. The van der Waals surface area contributed by atoms with Gasteiger partial charge in [0.25, 0.3) is 11.8 Å². The summed E-state index contributed by atoms with van der Waals surface area (Å²) >= 11 is 5.83. The van der Waals surface area contributed by atoms with Crippen LogP contribution in [-0.2, 0) is 35.4 Å². The smallest absolute Gasteiger partial charge is 0.411 e. The molecule has 0 unspecified atom stereocenters. The minimum absolute atomic E-state index is 0.0444. The molecule has 4 rings (SSSR count). The molecule has 1 aromatic rings. The third-order valence-corrected chi connectivity index (χ3v) is 6.99. The molecule has 2 fully saturated rings. The lowest BCUT2D eigenvalue weighted by Gasteiger charge is -2.41. The van der Waals surface area contributed by atoms with Gasteiger partial charge in [-0.15, -0.1) is 5.06 Å². The van der Waals surface area contributed by atoms with E-state index in [1.54, 1.807) is 20.8 Å². The average Bonchev–Trinajstić information content (AvgIpc) is 3.13. The molecule has 3 aliphatic rings. The number of carbonyl (C=O) groups excluding carboxylic acids is 5. The number of benzene rings is 1. The number of amides is 4. The Morgan fingerprint density at radius 2 is 1.62 bits per heavy atom. The number of hydroxylamine groups is 4. The molecule has 0 bridgehead atoms. The van der Waals surface area contributed by atoms with Crippen molar-refractivity contribution in [3.05, 3.63) is 48.0 Å². The molecule has 2 saturated heterocycles. The van der Waals surface area contributed by atoms with Gasteiger partial charge in [-0.2, -0.15) is 0 Å².